The summed E-state index contributed by atoms with van der Waals surface area (Å²) < 4.78 is 7.33. The first-order chi connectivity index (χ1) is 15.3. The molecule has 1 amide bonds. The summed E-state index contributed by atoms with van der Waals surface area (Å²) in [7, 11) is 1.52. The molecule has 162 valence electrons. The molecule has 0 bridgehead atoms. The van der Waals surface area contributed by atoms with Gasteiger partial charge in [0, 0.05) is 23.5 Å². The summed E-state index contributed by atoms with van der Waals surface area (Å²) in [5.41, 5.74) is 4.87. The number of benzene rings is 2. The number of anilines is 1. The monoisotopic (exact) mass is 430 g/mol. The molecule has 1 aromatic heterocycles. The number of nitrogens with zero attached hydrogens (tertiary/aromatic N) is 4. The van der Waals surface area contributed by atoms with Crippen LogP contribution in [0.4, 0.5) is 11.4 Å². The van der Waals surface area contributed by atoms with Gasteiger partial charge in [0.2, 0.25) is 0 Å². The number of nitro benzene ring substituents is 1. The van der Waals surface area contributed by atoms with E-state index in [1.54, 1.807) is 13.0 Å². The molecule has 2 aromatic carbocycles. The summed E-state index contributed by atoms with van der Waals surface area (Å²) >= 11 is 0. The minimum atomic E-state index is -0.435. The average Bonchev–Trinajstić information content (AvgIpc) is 3.23. The number of non-ortho nitro benzene ring substituents is 1. The zero-order valence-electron chi connectivity index (χ0n) is 18.2. The number of hydrogen-bond acceptors (Lipinski definition) is 5. The van der Waals surface area contributed by atoms with E-state index in [0.717, 1.165) is 17.0 Å². The molecule has 2 heterocycles. The van der Waals surface area contributed by atoms with Gasteiger partial charge >= 0.3 is 0 Å². The van der Waals surface area contributed by atoms with E-state index in [-0.39, 0.29) is 11.6 Å². The van der Waals surface area contributed by atoms with Crippen LogP contribution in [0.2, 0.25) is 0 Å². The normalized spacial score (nSPS) is 14.8. The Bertz CT molecular complexity index is 1290. The Kier molecular flexibility index (Phi) is 5.36. The molecule has 4 rings (SSSR count). The highest BCUT2D eigenvalue weighted by molar-refractivity contribution is 6.32. The van der Waals surface area contributed by atoms with Gasteiger partial charge in [-0.15, -0.1) is 0 Å². The van der Waals surface area contributed by atoms with Crippen LogP contribution in [0.1, 0.15) is 23.9 Å². The van der Waals surface area contributed by atoms with Crippen LogP contribution >= 0.6 is 0 Å². The van der Waals surface area contributed by atoms with Crippen LogP contribution in [-0.2, 0) is 4.79 Å². The highest BCUT2D eigenvalue weighted by atomic mass is 16.6. The van der Waals surface area contributed by atoms with Gasteiger partial charge in [-0.1, -0.05) is 18.2 Å². The molecule has 3 aromatic rings. The van der Waals surface area contributed by atoms with Gasteiger partial charge < -0.3 is 9.30 Å². The highest BCUT2D eigenvalue weighted by Gasteiger charge is 2.29. The third kappa shape index (κ3) is 3.56. The number of carbonyl (C=O) groups is 1. The Labute approximate surface area is 185 Å². The summed E-state index contributed by atoms with van der Waals surface area (Å²) in [6, 6.07) is 15.7. The van der Waals surface area contributed by atoms with E-state index >= 15 is 0 Å². The third-order valence-electron chi connectivity index (χ3n) is 5.45. The number of aromatic nitrogens is 1. The van der Waals surface area contributed by atoms with E-state index in [9.17, 15) is 14.9 Å². The Morgan fingerprint density at radius 3 is 2.44 bits per heavy atom. The van der Waals surface area contributed by atoms with Crippen molar-refractivity contribution in [3.05, 3.63) is 87.2 Å². The molecule has 1 aliphatic heterocycles. The number of hydrogen-bond donors (Lipinski definition) is 0. The molecule has 0 spiro atoms. The molecule has 1 aliphatic rings. The minimum Gasteiger partial charge on any atom is -0.495 e. The fourth-order valence-corrected chi connectivity index (χ4v) is 3.86. The van der Waals surface area contributed by atoms with Crippen LogP contribution in [0, 0.1) is 24.0 Å². The summed E-state index contributed by atoms with van der Waals surface area (Å²) in [5, 5.41) is 17.1. The van der Waals surface area contributed by atoms with Gasteiger partial charge in [-0.05, 0) is 56.7 Å². The number of nitro groups is 1. The molecule has 0 atom stereocenters. The molecule has 0 radical (unpaired) electrons. The van der Waals surface area contributed by atoms with E-state index in [1.165, 1.54) is 24.3 Å². The second-order valence-electron chi connectivity index (χ2n) is 7.47. The van der Waals surface area contributed by atoms with Crippen molar-refractivity contribution in [1.29, 1.82) is 0 Å². The number of hydrazone groups is 1. The van der Waals surface area contributed by atoms with Crippen LogP contribution in [-0.4, -0.2) is 28.2 Å². The maximum Gasteiger partial charge on any atom is 0.280 e. The van der Waals surface area contributed by atoms with Gasteiger partial charge in [-0.3, -0.25) is 14.9 Å². The minimum absolute atomic E-state index is 0.0272. The predicted octanol–water partition coefficient (Wildman–Crippen LogP) is 4.82. The van der Waals surface area contributed by atoms with Gasteiger partial charge in [-0.2, -0.15) is 10.1 Å². The fourth-order valence-electron chi connectivity index (χ4n) is 3.86. The van der Waals surface area contributed by atoms with E-state index in [1.807, 2.05) is 60.9 Å². The van der Waals surface area contributed by atoms with Gasteiger partial charge in [0.1, 0.15) is 5.75 Å². The molecule has 0 N–H and O–H groups in total. The van der Waals surface area contributed by atoms with E-state index in [2.05, 4.69) is 5.10 Å². The van der Waals surface area contributed by atoms with Crippen molar-refractivity contribution >= 4 is 29.1 Å². The molecular formula is C24H22N4O4. The summed E-state index contributed by atoms with van der Waals surface area (Å²) in [6.07, 6.45) is 1.81. The molecule has 32 heavy (non-hydrogen) atoms. The van der Waals surface area contributed by atoms with Gasteiger partial charge in [0.15, 0.2) is 0 Å². The SMILES string of the molecule is COc1ccc([N+](=O)[O-])cc1-n1c(C)cc(/C=C2\C(=O)N(c3ccccc3)N=C2C)c1C. The number of ether oxygens (including phenoxy) is 1. The number of methoxy groups -OCH3 is 1. The number of rotatable bonds is 5. The Hall–Kier alpha value is -4.20. The maximum absolute atomic E-state index is 13.1. The molecule has 0 saturated heterocycles. The Morgan fingerprint density at radius 1 is 1.06 bits per heavy atom. The lowest BCUT2D eigenvalue weighted by Gasteiger charge is -2.14. The first kappa shape index (κ1) is 21.0. The van der Waals surface area contributed by atoms with Crippen LogP contribution in [0.25, 0.3) is 11.8 Å². The summed E-state index contributed by atoms with van der Waals surface area (Å²) in [5.74, 6) is 0.313. The number of carbonyl (C=O) groups excluding carboxylic acids is 1. The van der Waals surface area contributed by atoms with Crippen LogP contribution in [0.3, 0.4) is 0 Å². The fraction of sp³-hybridized carbons (Fsp3) is 0.167. The van der Waals surface area contributed by atoms with Crippen LogP contribution < -0.4 is 9.75 Å². The quantitative estimate of drug-likeness (QED) is 0.330. The molecule has 0 saturated carbocycles. The van der Waals surface area contributed by atoms with Crippen molar-refractivity contribution in [2.45, 2.75) is 20.8 Å². The molecule has 8 heteroatoms. The van der Waals surface area contributed by atoms with Crippen molar-refractivity contribution in [3.63, 3.8) is 0 Å². The summed E-state index contributed by atoms with van der Waals surface area (Å²) in [4.78, 5) is 23.9. The molecule has 0 aliphatic carbocycles. The van der Waals surface area contributed by atoms with Crippen molar-refractivity contribution in [1.82, 2.24) is 4.57 Å². The lowest BCUT2D eigenvalue weighted by Crippen LogP contribution is -2.21. The second kappa shape index (κ2) is 8.14. The van der Waals surface area contributed by atoms with E-state index in [0.29, 0.717) is 28.4 Å². The van der Waals surface area contributed by atoms with Crippen LogP contribution in [0.5, 0.6) is 5.75 Å². The van der Waals surface area contributed by atoms with Crippen LogP contribution in [0.15, 0.2) is 65.3 Å². The van der Waals surface area contributed by atoms with Crippen molar-refractivity contribution in [2.75, 3.05) is 12.1 Å². The highest BCUT2D eigenvalue weighted by Crippen LogP contribution is 2.33. The van der Waals surface area contributed by atoms with Crippen molar-refractivity contribution in [2.24, 2.45) is 5.10 Å². The largest absolute Gasteiger partial charge is 0.495 e. The molecule has 8 nitrogen and oxygen atoms in total. The molecular weight excluding hydrogens is 408 g/mol. The zero-order valence-corrected chi connectivity index (χ0v) is 18.2. The van der Waals surface area contributed by atoms with Gasteiger partial charge in [0.05, 0.1) is 34.7 Å². The number of aryl methyl sites for hydroxylation is 1. The number of amides is 1. The maximum atomic E-state index is 13.1. The smallest absolute Gasteiger partial charge is 0.280 e. The second-order valence-corrected chi connectivity index (χ2v) is 7.47. The average molecular weight is 430 g/mol. The Morgan fingerprint density at radius 2 is 1.78 bits per heavy atom. The first-order valence-corrected chi connectivity index (χ1v) is 10.0. The lowest BCUT2D eigenvalue weighted by atomic mass is 10.1. The lowest BCUT2D eigenvalue weighted by molar-refractivity contribution is -0.384. The van der Waals surface area contributed by atoms with Gasteiger partial charge in [-0.25, -0.2) is 0 Å². The summed E-state index contributed by atoms with van der Waals surface area (Å²) in [6.45, 7) is 5.61. The zero-order chi connectivity index (χ0) is 23.0. The molecule has 0 fully saturated rings. The standard InChI is InChI=1S/C24H22N4O4/c1-15-12-18(13-21-16(2)25-27(24(21)29)19-8-6-5-7-9-19)17(3)26(15)22-14-20(28(30)31)10-11-23(22)32-4/h5-14H,1-4H3/b21-13-. The Balaban J connectivity index is 1.78. The number of para-hydroxylation sites is 1. The first-order valence-electron chi connectivity index (χ1n) is 10.0. The molecule has 0 unspecified atom stereocenters. The van der Waals surface area contributed by atoms with Crippen molar-refractivity contribution in [3.8, 4) is 11.4 Å². The third-order valence-corrected chi connectivity index (χ3v) is 5.45. The van der Waals surface area contributed by atoms with Gasteiger partial charge in [0.25, 0.3) is 11.6 Å². The topological polar surface area (TPSA) is 90.0 Å². The van der Waals surface area contributed by atoms with E-state index in [4.69, 9.17) is 4.74 Å². The predicted molar refractivity (Wildman–Crippen MR) is 123 cm³/mol. The van der Waals surface area contributed by atoms with E-state index < -0.39 is 4.92 Å². The van der Waals surface area contributed by atoms with Crippen molar-refractivity contribution < 1.29 is 14.5 Å².